The first-order valence-electron chi connectivity index (χ1n) is 8.48. The number of carbonyl (C=O) groups is 2. The van der Waals surface area contributed by atoms with Gasteiger partial charge in [-0.05, 0) is 73.5 Å². The molecule has 0 fully saturated rings. The van der Waals surface area contributed by atoms with E-state index >= 15 is 0 Å². The van der Waals surface area contributed by atoms with Crippen LogP contribution in [0, 0.1) is 19.7 Å². The Kier molecular flexibility index (Phi) is 5.31. The Bertz CT molecular complexity index is 997. The normalized spacial score (nSPS) is 10.3. The minimum atomic E-state index is -0.377. The van der Waals surface area contributed by atoms with Crippen LogP contribution in [0.1, 0.15) is 31.8 Å². The topological polar surface area (TPSA) is 58.2 Å². The van der Waals surface area contributed by atoms with Gasteiger partial charge < -0.3 is 10.6 Å². The number of nitrogens with one attached hydrogen (secondary N) is 2. The lowest BCUT2D eigenvalue weighted by atomic mass is 10.1. The maximum absolute atomic E-state index is 13.0. The van der Waals surface area contributed by atoms with Gasteiger partial charge in [0.1, 0.15) is 5.82 Å². The molecule has 0 saturated carbocycles. The van der Waals surface area contributed by atoms with E-state index in [-0.39, 0.29) is 17.6 Å². The summed E-state index contributed by atoms with van der Waals surface area (Å²) in [5.41, 5.74) is 3.94. The van der Waals surface area contributed by atoms with Crippen molar-refractivity contribution in [1.82, 2.24) is 0 Å². The molecule has 0 aromatic heterocycles. The van der Waals surface area contributed by atoms with Crippen LogP contribution in [-0.4, -0.2) is 11.8 Å². The van der Waals surface area contributed by atoms with E-state index in [1.54, 1.807) is 18.2 Å². The van der Waals surface area contributed by atoms with Crippen LogP contribution >= 0.6 is 0 Å². The monoisotopic (exact) mass is 362 g/mol. The van der Waals surface area contributed by atoms with Gasteiger partial charge in [0.05, 0.1) is 0 Å². The van der Waals surface area contributed by atoms with Gasteiger partial charge in [-0.3, -0.25) is 9.59 Å². The molecule has 0 aliphatic carbocycles. The van der Waals surface area contributed by atoms with Gasteiger partial charge in [-0.25, -0.2) is 4.39 Å². The minimum absolute atomic E-state index is 0.292. The number of anilines is 2. The third kappa shape index (κ3) is 4.58. The lowest BCUT2D eigenvalue weighted by Crippen LogP contribution is -2.16. The Morgan fingerprint density at radius 2 is 1.41 bits per heavy atom. The largest absolute Gasteiger partial charge is 0.322 e. The highest BCUT2D eigenvalue weighted by molar-refractivity contribution is 6.08. The highest BCUT2D eigenvalue weighted by Gasteiger charge is 2.12. The van der Waals surface area contributed by atoms with Crippen LogP contribution in [-0.2, 0) is 0 Å². The molecule has 0 saturated heterocycles. The summed E-state index contributed by atoms with van der Waals surface area (Å²) >= 11 is 0. The molecule has 0 heterocycles. The Hall–Kier alpha value is -3.47. The van der Waals surface area contributed by atoms with Gasteiger partial charge in [-0.15, -0.1) is 0 Å². The van der Waals surface area contributed by atoms with Gasteiger partial charge in [-0.1, -0.05) is 18.2 Å². The third-order valence-electron chi connectivity index (χ3n) is 4.13. The molecule has 3 aromatic carbocycles. The van der Waals surface area contributed by atoms with Crippen LogP contribution in [0.15, 0.2) is 66.7 Å². The zero-order valence-electron chi connectivity index (χ0n) is 15.0. The molecule has 5 heteroatoms. The Morgan fingerprint density at radius 1 is 0.778 bits per heavy atom. The van der Waals surface area contributed by atoms with Crippen molar-refractivity contribution in [1.29, 1.82) is 0 Å². The number of halogens is 1. The average molecular weight is 362 g/mol. The molecular formula is C22H19FN2O2. The molecule has 0 bridgehead atoms. The average Bonchev–Trinajstić information content (AvgIpc) is 2.66. The summed E-state index contributed by atoms with van der Waals surface area (Å²) in [6, 6.07) is 17.8. The summed E-state index contributed by atoms with van der Waals surface area (Å²) in [6.45, 7) is 3.87. The number of hydrogen-bond acceptors (Lipinski definition) is 2. The van der Waals surface area contributed by atoms with E-state index in [0.717, 1.165) is 16.8 Å². The number of amides is 2. The summed E-state index contributed by atoms with van der Waals surface area (Å²) in [6.07, 6.45) is 0. The van der Waals surface area contributed by atoms with Crippen LogP contribution in [0.25, 0.3) is 0 Å². The molecule has 0 radical (unpaired) electrons. The highest BCUT2D eigenvalue weighted by atomic mass is 19.1. The van der Waals surface area contributed by atoms with Crippen LogP contribution in [0.4, 0.5) is 15.8 Å². The minimum Gasteiger partial charge on any atom is -0.322 e. The van der Waals surface area contributed by atoms with E-state index in [1.165, 1.54) is 30.3 Å². The van der Waals surface area contributed by atoms with E-state index in [1.807, 2.05) is 32.0 Å². The Morgan fingerprint density at radius 3 is 2.07 bits per heavy atom. The summed E-state index contributed by atoms with van der Waals surface area (Å²) in [7, 11) is 0. The summed E-state index contributed by atoms with van der Waals surface area (Å²) in [5, 5.41) is 5.56. The first-order chi connectivity index (χ1) is 12.9. The zero-order chi connectivity index (χ0) is 19.4. The van der Waals surface area contributed by atoms with Gasteiger partial charge in [0.2, 0.25) is 0 Å². The first kappa shape index (κ1) is 18.3. The van der Waals surface area contributed by atoms with Crippen LogP contribution < -0.4 is 10.6 Å². The van der Waals surface area contributed by atoms with Gasteiger partial charge >= 0.3 is 0 Å². The molecule has 4 nitrogen and oxygen atoms in total. The first-order valence-corrected chi connectivity index (χ1v) is 8.48. The molecule has 2 N–H and O–H groups in total. The van der Waals surface area contributed by atoms with E-state index in [4.69, 9.17) is 0 Å². The van der Waals surface area contributed by atoms with Crippen molar-refractivity contribution in [2.75, 3.05) is 10.6 Å². The third-order valence-corrected chi connectivity index (χ3v) is 4.13. The van der Waals surface area contributed by atoms with Gasteiger partial charge in [0.15, 0.2) is 0 Å². The second-order valence-electron chi connectivity index (χ2n) is 6.31. The molecule has 2 amide bonds. The summed E-state index contributed by atoms with van der Waals surface area (Å²) in [4.78, 5) is 25.0. The fourth-order valence-corrected chi connectivity index (χ4v) is 2.60. The molecule has 27 heavy (non-hydrogen) atoms. The van der Waals surface area contributed by atoms with Crippen molar-refractivity contribution in [2.45, 2.75) is 13.8 Å². The quantitative estimate of drug-likeness (QED) is 0.690. The standard InChI is InChI=1S/C22H19FN2O2/c1-14-6-7-15(2)20(12-14)25-22(27)17-5-3-4-16(13-17)21(26)24-19-10-8-18(23)9-11-19/h3-13H,1-2H3,(H,24,26)(H,25,27). The van der Waals surface area contributed by atoms with Gasteiger partial charge in [0, 0.05) is 22.5 Å². The molecule has 3 rings (SSSR count). The van der Waals surface area contributed by atoms with Crippen LogP contribution in [0.5, 0.6) is 0 Å². The molecule has 0 aliphatic heterocycles. The Labute approximate surface area is 157 Å². The van der Waals surface area contributed by atoms with Crippen LogP contribution in [0.3, 0.4) is 0 Å². The number of hydrogen-bond donors (Lipinski definition) is 2. The number of rotatable bonds is 4. The van der Waals surface area contributed by atoms with E-state index in [9.17, 15) is 14.0 Å². The highest BCUT2D eigenvalue weighted by Crippen LogP contribution is 2.18. The van der Waals surface area contributed by atoms with Crippen molar-refractivity contribution in [3.8, 4) is 0 Å². The lowest BCUT2D eigenvalue weighted by molar-refractivity contribution is 0.102. The fourth-order valence-electron chi connectivity index (χ4n) is 2.60. The molecule has 0 aliphatic rings. The lowest BCUT2D eigenvalue weighted by Gasteiger charge is -2.10. The van der Waals surface area contributed by atoms with Crippen molar-refractivity contribution >= 4 is 23.2 Å². The van der Waals surface area contributed by atoms with Crippen LogP contribution in [0.2, 0.25) is 0 Å². The zero-order valence-corrected chi connectivity index (χ0v) is 15.0. The SMILES string of the molecule is Cc1ccc(C)c(NC(=O)c2cccc(C(=O)Nc3ccc(F)cc3)c2)c1. The number of benzene rings is 3. The van der Waals surface area contributed by atoms with Crippen molar-refractivity contribution < 1.29 is 14.0 Å². The maximum atomic E-state index is 13.0. The van der Waals surface area contributed by atoms with E-state index in [2.05, 4.69) is 10.6 Å². The molecular weight excluding hydrogens is 343 g/mol. The Balaban J connectivity index is 1.76. The summed E-state index contributed by atoms with van der Waals surface area (Å²) < 4.78 is 13.0. The summed E-state index contributed by atoms with van der Waals surface area (Å²) in [5.74, 6) is -1.04. The molecule has 3 aromatic rings. The molecule has 0 atom stereocenters. The molecule has 0 spiro atoms. The fraction of sp³-hybridized carbons (Fsp3) is 0.0909. The second-order valence-corrected chi connectivity index (χ2v) is 6.31. The van der Waals surface area contributed by atoms with Crippen molar-refractivity contribution in [3.63, 3.8) is 0 Å². The van der Waals surface area contributed by atoms with Crippen molar-refractivity contribution in [2.24, 2.45) is 0 Å². The predicted octanol–water partition coefficient (Wildman–Crippen LogP) is 4.95. The predicted molar refractivity (Wildman–Crippen MR) is 105 cm³/mol. The van der Waals surface area contributed by atoms with Gasteiger partial charge in [-0.2, -0.15) is 0 Å². The number of carbonyl (C=O) groups excluding carboxylic acids is 2. The molecule has 136 valence electrons. The van der Waals surface area contributed by atoms with E-state index in [0.29, 0.717) is 16.8 Å². The number of aryl methyl sites for hydroxylation is 2. The van der Waals surface area contributed by atoms with E-state index < -0.39 is 0 Å². The van der Waals surface area contributed by atoms with Crippen molar-refractivity contribution in [3.05, 3.63) is 94.8 Å². The second kappa shape index (κ2) is 7.83. The van der Waals surface area contributed by atoms with Gasteiger partial charge in [0.25, 0.3) is 11.8 Å². The smallest absolute Gasteiger partial charge is 0.255 e. The maximum Gasteiger partial charge on any atom is 0.255 e. The molecule has 0 unspecified atom stereocenters.